The second-order valence-electron chi connectivity index (χ2n) is 9.59. The van der Waals surface area contributed by atoms with Crippen LogP contribution in [0.2, 0.25) is 0 Å². The number of benzene rings is 2. The van der Waals surface area contributed by atoms with Crippen LogP contribution in [0.3, 0.4) is 0 Å². The van der Waals surface area contributed by atoms with Crippen molar-refractivity contribution in [3.8, 4) is 11.5 Å². The van der Waals surface area contributed by atoms with Crippen LogP contribution < -0.4 is 15.5 Å². The van der Waals surface area contributed by atoms with Crippen LogP contribution in [0.5, 0.6) is 11.5 Å². The molecular formula is C30H27BN6O2. The molecule has 5 aromatic rings. The number of nitrogens with one attached hydrogen (secondary N) is 1. The summed E-state index contributed by atoms with van der Waals surface area (Å²) < 4.78 is 7.77. The smallest absolute Gasteiger partial charge is 0.257 e. The van der Waals surface area contributed by atoms with Crippen LogP contribution in [0.4, 0.5) is 5.82 Å². The van der Waals surface area contributed by atoms with Gasteiger partial charge in [-0.3, -0.25) is 9.78 Å². The van der Waals surface area contributed by atoms with Crippen LogP contribution in [-0.4, -0.2) is 51.3 Å². The van der Waals surface area contributed by atoms with Crippen LogP contribution in [0.25, 0.3) is 5.65 Å². The second-order valence-corrected chi connectivity index (χ2v) is 9.59. The van der Waals surface area contributed by atoms with E-state index in [9.17, 15) is 4.79 Å². The minimum absolute atomic E-state index is 0.0257. The lowest BCUT2D eigenvalue weighted by Gasteiger charge is -2.32. The summed E-state index contributed by atoms with van der Waals surface area (Å²) in [5.41, 5.74) is 3.74. The monoisotopic (exact) mass is 514 g/mol. The van der Waals surface area contributed by atoms with Crippen molar-refractivity contribution in [3.63, 3.8) is 0 Å². The number of fused-ring (bicyclic) bond motifs is 1. The lowest BCUT2D eigenvalue weighted by molar-refractivity contribution is 0.0709. The Bertz CT molecular complexity index is 1580. The molecule has 0 saturated carbocycles. The van der Waals surface area contributed by atoms with Gasteiger partial charge in [-0.2, -0.15) is 9.61 Å². The summed E-state index contributed by atoms with van der Waals surface area (Å²) in [6, 6.07) is 22.9. The quantitative estimate of drug-likeness (QED) is 0.326. The summed E-state index contributed by atoms with van der Waals surface area (Å²) in [7, 11) is 6.20. The van der Waals surface area contributed by atoms with E-state index in [-0.39, 0.29) is 11.8 Å². The zero-order valence-corrected chi connectivity index (χ0v) is 21.4. The maximum absolute atomic E-state index is 13.5. The van der Waals surface area contributed by atoms with Crippen molar-refractivity contribution in [1.82, 2.24) is 24.5 Å². The molecule has 1 fully saturated rings. The predicted octanol–water partition coefficient (Wildman–Crippen LogP) is 4.34. The molecule has 2 aromatic carbocycles. The number of para-hydroxylation sites is 2. The molecule has 0 unspecified atom stereocenters. The topological polar surface area (TPSA) is 84.7 Å². The lowest BCUT2D eigenvalue weighted by atomic mass is 9.92. The molecule has 8 nitrogen and oxygen atoms in total. The van der Waals surface area contributed by atoms with Gasteiger partial charge in [-0.25, -0.2) is 4.98 Å². The fourth-order valence-electron chi connectivity index (χ4n) is 4.93. The SMILES string of the molecule is [B]c1cnn2c(NCc3cccnc3)cc(C3CCN(C(=O)c4ccccc4Oc4ccccc4)CC3)nc12. The Kier molecular flexibility index (Phi) is 6.95. The van der Waals surface area contributed by atoms with Crippen LogP contribution >= 0.6 is 0 Å². The standard InChI is InChI=1S/C30H27BN6O2/c31-25-20-34-37-28(33-19-21-7-6-14-32-18-21)17-26(35-29(25)37)22-12-15-36(16-13-22)30(38)24-10-4-5-11-27(24)39-23-8-2-1-3-9-23/h1-11,14,17-18,20,22,33H,12-13,15-16,19H2. The van der Waals surface area contributed by atoms with Gasteiger partial charge in [0.15, 0.2) is 0 Å². The van der Waals surface area contributed by atoms with Crippen LogP contribution in [0.1, 0.15) is 40.4 Å². The van der Waals surface area contributed by atoms with E-state index in [1.54, 1.807) is 16.9 Å². The maximum Gasteiger partial charge on any atom is 0.257 e. The largest absolute Gasteiger partial charge is 0.457 e. The van der Waals surface area contributed by atoms with E-state index in [1.165, 1.54) is 0 Å². The Morgan fingerprint density at radius 1 is 1.00 bits per heavy atom. The molecule has 6 rings (SSSR count). The van der Waals surface area contributed by atoms with Crippen LogP contribution in [0.15, 0.2) is 91.4 Å². The molecule has 4 heterocycles. The Labute approximate surface area is 228 Å². The first-order valence-electron chi connectivity index (χ1n) is 13.0. The third-order valence-corrected chi connectivity index (χ3v) is 7.00. The number of carbonyl (C=O) groups excluding carboxylic acids is 1. The maximum atomic E-state index is 13.5. The van der Waals surface area contributed by atoms with Gasteiger partial charge in [0.2, 0.25) is 0 Å². The number of aromatic nitrogens is 4. The van der Waals surface area contributed by atoms with Gasteiger partial charge in [-0.1, -0.05) is 36.4 Å². The van der Waals surface area contributed by atoms with E-state index >= 15 is 0 Å². The molecule has 2 radical (unpaired) electrons. The summed E-state index contributed by atoms with van der Waals surface area (Å²) in [6.45, 7) is 1.86. The summed E-state index contributed by atoms with van der Waals surface area (Å²) in [5, 5.41) is 7.87. The van der Waals surface area contributed by atoms with Crippen LogP contribution in [-0.2, 0) is 6.54 Å². The predicted molar refractivity (Wildman–Crippen MR) is 151 cm³/mol. The molecule has 1 N–H and O–H groups in total. The summed E-state index contributed by atoms with van der Waals surface area (Å²) >= 11 is 0. The highest BCUT2D eigenvalue weighted by Crippen LogP contribution is 2.31. The molecule has 0 spiro atoms. The molecule has 0 aliphatic carbocycles. The number of rotatable bonds is 7. The van der Waals surface area contributed by atoms with E-state index in [0.717, 1.165) is 29.9 Å². The third-order valence-electron chi connectivity index (χ3n) is 7.00. The molecule has 1 aliphatic heterocycles. The summed E-state index contributed by atoms with van der Waals surface area (Å²) in [4.78, 5) is 24.5. The molecule has 1 saturated heterocycles. The van der Waals surface area contributed by atoms with Crippen LogP contribution in [0, 0.1) is 0 Å². The van der Waals surface area contributed by atoms with E-state index in [1.807, 2.05) is 83.9 Å². The number of pyridine rings is 1. The first-order chi connectivity index (χ1) is 19.2. The van der Waals surface area contributed by atoms with Gasteiger partial charge in [0.25, 0.3) is 5.91 Å². The summed E-state index contributed by atoms with van der Waals surface area (Å²) in [5.74, 6) is 2.25. The van der Waals surface area contributed by atoms with E-state index in [2.05, 4.69) is 15.4 Å². The molecule has 0 bridgehead atoms. The number of piperidine rings is 1. The van der Waals surface area contributed by atoms with Crippen molar-refractivity contribution in [2.24, 2.45) is 0 Å². The highest BCUT2D eigenvalue weighted by Gasteiger charge is 2.28. The molecule has 1 aliphatic rings. The van der Waals surface area contributed by atoms with Gasteiger partial charge >= 0.3 is 0 Å². The Morgan fingerprint density at radius 3 is 2.59 bits per heavy atom. The zero-order valence-electron chi connectivity index (χ0n) is 21.4. The first-order valence-corrected chi connectivity index (χ1v) is 13.0. The molecular weight excluding hydrogens is 487 g/mol. The number of amides is 1. The number of anilines is 1. The van der Waals surface area contributed by atoms with Crippen molar-refractivity contribution in [1.29, 1.82) is 0 Å². The first kappa shape index (κ1) is 24.7. The van der Waals surface area contributed by atoms with E-state index < -0.39 is 0 Å². The van der Waals surface area contributed by atoms with Crippen molar-refractivity contribution in [2.75, 3.05) is 18.4 Å². The second kappa shape index (κ2) is 11.0. The Morgan fingerprint density at radius 2 is 1.79 bits per heavy atom. The van der Waals surface area contributed by atoms with Crippen molar-refractivity contribution < 1.29 is 9.53 Å². The molecule has 3 aromatic heterocycles. The van der Waals surface area contributed by atoms with Gasteiger partial charge in [-0.15, -0.1) is 0 Å². The fraction of sp³-hybridized carbons (Fsp3) is 0.200. The van der Waals surface area contributed by atoms with Gasteiger partial charge in [0.1, 0.15) is 30.8 Å². The number of likely N-dealkylation sites (tertiary alicyclic amines) is 1. The Balaban J connectivity index is 1.17. The van der Waals surface area contributed by atoms with Crippen molar-refractivity contribution in [3.05, 3.63) is 108 Å². The lowest BCUT2D eigenvalue weighted by Crippen LogP contribution is -2.38. The van der Waals surface area contributed by atoms with Gasteiger partial charge in [0.05, 0.1) is 5.56 Å². The third kappa shape index (κ3) is 5.34. The normalized spacial score (nSPS) is 13.9. The Hall–Kier alpha value is -4.66. The minimum atomic E-state index is -0.0257. The van der Waals surface area contributed by atoms with Gasteiger partial charge in [-0.05, 0) is 54.2 Å². The van der Waals surface area contributed by atoms with Gasteiger partial charge in [0, 0.05) is 55.9 Å². The highest BCUT2D eigenvalue weighted by atomic mass is 16.5. The number of carbonyl (C=O) groups is 1. The van der Waals surface area contributed by atoms with Crippen molar-refractivity contribution >= 4 is 30.7 Å². The fourth-order valence-corrected chi connectivity index (χ4v) is 4.93. The summed E-state index contributed by atoms with van der Waals surface area (Å²) in [6.07, 6.45) is 6.81. The number of ether oxygens (including phenoxy) is 1. The zero-order chi connectivity index (χ0) is 26.6. The van der Waals surface area contributed by atoms with Crippen molar-refractivity contribution in [2.45, 2.75) is 25.3 Å². The number of hydrogen-bond acceptors (Lipinski definition) is 6. The minimum Gasteiger partial charge on any atom is -0.457 e. The van der Waals surface area contributed by atoms with E-state index in [0.29, 0.717) is 47.8 Å². The van der Waals surface area contributed by atoms with Gasteiger partial charge < -0.3 is 15.0 Å². The molecule has 39 heavy (non-hydrogen) atoms. The molecule has 0 atom stereocenters. The molecule has 9 heteroatoms. The number of hydrogen-bond donors (Lipinski definition) is 1. The highest BCUT2D eigenvalue weighted by molar-refractivity contribution is 6.36. The average molecular weight is 514 g/mol. The number of nitrogens with zero attached hydrogens (tertiary/aromatic N) is 5. The van der Waals surface area contributed by atoms with E-state index in [4.69, 9.17) is 17.6 Å². The average Bonchev–Trinajstić information content (AvgIpc) is 3.37. The molecule has 1 amide bonds. The molecule has 192 valence electrons.